The molecule has 0 saturated carbocycles. The maximum Gasteiger partial charge on any atom is 0.126 e. The Bertz CT molecular complexity index is 539. The fraction of sp³-hybridized carbons (Fsp3) is 0.294. The fourth-order valence-corrected chi connectivity index (χ4v) is 2.71. The van der Waals surface area contributed by atoms with Crippen LogP contribution in [0.15, 0.2) is 48.5 Å². The Morgan fingerprint density at radius 1 is 1.05 bits per heavy atom. The second-order valence-electron chi connectivity index (χ2n) is 4.87. The van der Waals surface area contributed by atoms with Gasteiger partial charge in [-0.1, -0.05) is 46.3 Å². The summed E-state index contributed by atoms with van der Waals surface area (Å²) in [5.41, 5.74) is 2.03. The lowest BCUT2D eigenvalue weighted by atomic mass is 9.94. The van der Waals surface area contributed by atoms with E-state index in [4.69, 9.17) is 4.74 Å². The molecule has 20 heavy (non-hydrogen) atoms. The van der Waals surface area contributed by atoms with Crippen molar-refractivity contribution in [1.29, 1.82) is 0 Å². The summed E-state index contributed by atoms with van der Waals surface area (Å²) >= 11 is 3.54. The molecule has 1 unspecified atom stereocenters. The molecule has 0 aliphatic rings. The highest BCUT2D eigenvalue weighted by molar-refractivity contribution is 9.09. The predicted molar refractivity (Wildman–Crippen MR) is 84.1 cm³/mol. The molecule has 0 spiro atoms. The first kappa shape index (κ1) is 15.0. The van der Waals surface area contributed by atoms with E-state index in [0.717, 1.165) is 29.5 Å². The van der Waals surface area contributed by atoms with Crippen molar-refractivity contribution in [2.45, 2.75) is 12.8 Å². The molecule has 1 atom stereocenters. The Morgan fingerprint density at radius 3 is 2.35 bits per heavy atom. The largest absolute Gasteiger partial charge is 0.497 e. The molecule has 0 amide bonds. The average Bonchev–Trinajstić information content (AvgIpc) is 2.49. The summed E-state index contributed by atoms with van der Waals surface area (Å²) in [6, 6.07) is 15.1. The molecule has 0 aliphatic carbocycles. The highest BCUT2D eigenvalue weighted by Gasteiger charge is 2.12. The second kappa shape index (κ2) is 7.44. The van der Waals surface area contributed by atoms with Gasteiger partial charge in [-0.25, -0.2) is 4.39 Å². The van der Waals surface area contributed by atoms with Gasteiger partial charge in [0, 0.05) is 5.33 Å². The van der Waals surface area contributed by atoms with Gasteiger partial charge in [0.15, 0.2) is 0 Å². The van der Waals surface area contributed by atoms with Crippen molar-refractivity contribution in [2.75, 3.05) is 12.4 Å². The standard InChI is InChI=1S/C17H18BrFO/c1-20-16-8-6-13(7-9-16)10-14(12-18)11-15-4-2-3-5-17(15)19/h2-9,14H,10-12H2,1H3. The molecule has 106 valence electrons. The van der Waals surface area contributed by atoms with E-state index in [1.54, 1.807) is 13.2 Å². The monoisotopic (exact) mass is 336 g/mol. The third-order valence-electron chi connectivity index (χ3n) is 3.37. The minimum atomic E-state index is -0.117. The van der Waals surface area contributed by atoms with E-state index in [9.17, 15) is 4.39 Å². The molecule has 0 aliphatic heterocycles. The molecule has 0 saturated heterocycles. The maximum atomic E-state index is 13.7. The number of benzene rings is 2. The average molecular weight is 337 g/mol. The van der Waals surface area contributed by atoms with Crippen LogP contribution < -0.4 is 4.74 Å². The van der Waals surface area contributed by atoms with E-state index in [-0.39, 0.29) is 5.82 Å². The third kappa shape index (κ3) is 4.07. The maximum absolute atomic E-state index is 13.7. The molecular weight excluding hydrogens is 319 g/mol. The van der Waals surface area contributed by atoms with Crippen molar-refractivity contribution >= 4 is 15.9 Å². The number of rotatable bonds is 6. The highest BCUT2D eigenvalue weighted by Crippen LogP contribution is 2.20. The summed E-state index contributed by atoms with van der Waals surface area (Å²) in [5, 5.41) is 0.855. The number of methoxy groups -OCH3 is 1. The van der Waals surface area contributed by atoms with E-state index >= 15 is 0 Å². The summed E-state index contributed by atoms with van der Waals surface area (Å²) < 4.78 is 18.8. The fourth-order valence-electron chi connectivity index (χ4n) is 2.25. The van der Waals surface area contributed by atoms with Crippen LogP contribution in [0, 0.1) is 11.7 Å². The summed E-state index contributed by atoms with van der Waals surface area (Å²) in [7, 11) is 1.66. The van der Waals surface area contributed by atoms with Crippen LogP contribution in [0.1, 0.15) is 11.1 Å². The SMILES string of the molecule is COc1ccc(CC(CBr)Cc2ccccc2F)cc1. The van der Waals surface area contributed by atoms with Gasteiger partial charge in [-0.15, -0.1) is 0 Å². The van der Waals surface area contributed by atoms with Crippen molar-refractivity contribution in [1.82, 2.24) is 0 Å². The van der Waals surface area contributed by atoms with Crippen molar-refractivity contribution in [2.24, 2.45) is 5.92 Å². The first-order valence-corrected chi connectivity index (χ1v) is 7.77. The lowest BCUT2D eigenvalue weighted by molar-refractivity contribution is 0.414. The molecule has 0 aromatic heterocycles. The predicted octanol–water partition coefficient (Wildman–Crippen LogP) is 4.63. The quantitative estimate of drug-likeness (QED) is 0.699. The van der Waals surface area contributed by atoms with Crippen LogP contribution in [-0.4, -0.2) is 12.4 Å². The van der Waals surface area contributed by atoms with E-state index in [2.05, 4.69) is 28.1 Å². The molecule has 0 heterocycles. The Balaban J connectivity index is 2.03. The van der Waals surface area contributed by atoms with E-state index in [0.29, 0.717) is 5.92 Å². The molecule has 0 bridgehead atoms. The number of alkyl halides is 1. The summed E-state index contributed by atoms with van der Waals surface area (Å²) in [4.78, 5) is 0. The molecule has 2 aromatic rings. The second-order valence-corrected chi connectivity index (χ2v) is 5.52. The van der Waals surface area contributed by atoms with Gasteiger partial charge in [-0.2, -0.15) is 0 Å². The van der Waals surface area contributed by atoms with Crippen molar-refractivity contribution < 1.29 is 9.13 Å². The summed E-state index contributed by atoms with van der Waals surface area (Å²) in [6.45, 7) is 0. The van der Waals surface area contributed by atoms with Crippen LogP contribution in [0.25, 0.3) is 0 Å². The third-order valence-corrected chi connectivity index (χ3v) is 4.28. The van der Waals surface area contributed by atoms with Crippen LogP contribution in [-0.2, 0) is 12.8 Å². The van der Waals surface area contributed by atoms with Gasteiger partial charge < -0.3 is 4.74 Å². The van der Waals surface area contributed by atoms with Gasteiger partial charge in [0.1, 0.15) is 11.6 Å². The lowest BCUT2D eigenvalue weighted by Crippen LogP contribution is -2.11. The zero-order chi connectivity index (χ0) is 14.4. The number of hydrogen-bond donors (Lipinski definition) is 0. The number of ether oxygens (including phenoxy) is 1. The highest BCUT2D eigenvalue weighted by atomic mass is 79.9. The smallest absolute Gasteiger partial charge is 0.126 e. The minimum Gasteiger partial charge on any atom is -0.497 e. The first-order valence-electron chi connectivity index (χ1n) is 6.65. The van der Waals surface area contributed by atoms with E-state index in [1.807, 2.05) is 24.3 Å². The molecular formula is C17H18BrFO. The minimum absolute atomic E-state index is 0.117. The van der Waals surface area contributed by atoms with Gasteiger partial charge in [0.05, 0.1) is 7.11 Å². The van der Waals surface area contributed by atoms with Gasteiger partial charge in [-0.3, -0.25) is 0 Å². The lowest BCUT2D eigenvalue weighted by Gasteiger charge is -2.15. The van der Waals surface area contributed by atoms with Gasteiger partial charge >= 0.3 is 0 Å². The Hall–Kier alpha value is -1.35. The summed E-state index contributed by atoms with van der Waals surface area (Å²) in [6.07, 6.45) is 1.66. The Labute approximate surface area is 127 Å². The molecule has 3 heteroatoms. The molecule has 0 fully saturated rings. The van der Waals surface area contributed by atoms with Crippen molar-refractivity contribution in [3.63, 3.8) is 0 Å². The van der Waals surface area contributed by atoms with Crippen LogP contribution in [0.3, 0.4) is 0 Å². The van der Waals surface area contributed by atoms with Crippen molar-refractivity contribution in [3.8, 4) is 5.75 Å². The normalized spacial score (nSPS) is 12.2. The topological polar surface area (TPSA) is 9.23 Å². The molecule has 2 rings (SSSR count). The summed E-state index contributed by atoms with van der Waals surface area (Å²) in [5.74, 6) is 1.12. The Kier molecular flexibility index (Phi) is 5.60. The first-order chi connectivity index (χ1) is 9.72. The molecule has 1 nitrogen and oxygen atoms in total. The Morgan fingerprint density at radius 2 is 1.75 bits per heavy atom. The van der Waals surface area contributed by atoms with Gasteiger partial charge in [-0.05, 0) is 48.1 Å². The van der Waals surface area contributed by atoms with Crippen LogP contribution >= 0.6 is 15.9 Å². The molecule has 0 N–H and O–H groups in total. The van der Waals surface area contributed by atoms with Gasteiger partial charge in [0.25, 0.3) is 0 Å². The van der Waals surface area contributed by atoms with Crippen molar-refractivity contribution in [3.05, 3.63) is 65.5 Å². The number of halogens is 2. The van der Waals surface area contributed by atoms with E-state index < -0.39 is 0 Å². The zero-order valence-corrected chi connectivity index (χ0v) is 13.1. The number of hydrogen-bond acceptors (Lipinski definition) is 1. The molecule has 0 radical (unpaired) electrons. The zero-order valence-electron chi connectivity index (χ0n) is 11.5. The van der Waals surface area contributed by atoms with Crippen LogP contribution in [0.2, 0.25) is 0 Å². The molecule has 2 aromatic carbocycles. The van der Waals surface area contributed by atoms with Crippen LogP contribution in [0.5, 0.6) is 5.75 Å². The van der Waals surface area contributed by atoms with E-state index in [1.165, 1.54) is 11.6 Å². The van der Waals surface area contributed by atoms with Gasteiger partial charge in [0.2, 0.25) is 0 Å². The van der Waals surface area contributed by atoms with Crippen LogP contribution in [0.4, 0.5) is 4.39 Å².